The number of aliphatic carboxylic acids is 1. The predicted octanol–water partition coefficient (Wildman–Crippen LogP) is -6.47. The lowest BCUT2D eigenvalue weighted by Crippen LogP contribution is -3.00. The molecule has 0 spiro atoms. The van der Waals surface area contributed by atoms with Gasteiger partial charge >= 0.3 is 0 Å². The second-order valence-electron chi connectivity index (χ2n) is 11.5. The first-order chi connectivity index (χ1) is 17.0. The van der Waals surface area contributed by atoms with Crippen molar-refractivity contribution in [1.82, 2.24) is 9.30 Å². The quantitative estimate of drug-likeness (QED) is 0.147. The number of fused-ring (bicyclic) bond motifs is 5. The molecule has 7 heterocycles. The molecule has 4 fully saturated rings. The number of hydrogen-bond donors (Lipinski definition) is 1. The van der Waals surface area contributed by atoms with Crippen molar-refractivity contribution in [3.05, 3.63) is 23.1 Å². The molecule has 0 aliphatic carbocycles. The lowest BCUT2D eigenvalue weighted by molar-refractivity contribution is -1.07. The molecule has 0 saturated carbocycles. The number of thiazole rings is 1. The summed E-state index contributed by atoms with van der Waals surface area (Å²) >= 11 is 3.45. The Kier molecular flexibility index (Phi) is 7.99. The standard InChI is InChI=1S/C25H35N5O4S2.2ClH/c1-15-18(21(25(33)34)28-20(15)19(16(2)31)22(28)32)17-13-27-14-26(3)23(24(27)36-17)35-12-11-30-8-5-29(4,6-9-30)7-10-30;;/h13-16,19-20,31H,5-12H2,1-4H3;2*1H/q+2;;/p-2/t15-,16+,19+,20+,29?,30?;;/m0../s1. The van der Waals surface area contributed by atoms with Gasteiger partial charge in [-0.1, -0.05) is 30.0 Å². The van der Waals surface area contributed by atoms with E-state index in [1.54, 1.807) is 18.3 Å². The first kappa shape index (κ1) is 29.6. The van der Waals surface area contributed by atoms with Crippen molar-refractivity contribution < 1.29 is 58.1 Å². The minimum atomic E-state index is -1.33. The Morgan fingerprint density at radius 1 is 1.26 bits per heavy atom. The van der Waals surface area contributed by atoms with Crippen molar-refractivity contribution >= 4 is 45.4 Å². The van der Waals surface area contributed by atoms with Crippen LogP contribution >= 0.6 is 23.1 Å². The summed E-state index contributed by atoms with van der Waals surface area (Å²) in [5, 5.41) is 23.5. The highest BCUT2D eigenvalue weighted by Crippen LogP contribution is 2.51. The van der Waals surface area contributed by atoms with E-state index < -0.39 is 18.0 Å². The molecular formula is C25H35Cl2N5O4S2. The van der Waals surface area contributed by atoms with Gasteiger partial charge in [0.25, 0.3) is 0 Å². The minimum Gasteiger partial charge on any atom is -1.00 e. The minimum absolute atomic E-state index is 0. The molecule has 5 aliphatic rings. The molecule has 210 valence electrons. The maximum absolute atomic E-state index is 12.7. The summed E-state index contributed by atoms with van der Waals surface area (Å²) in [6.07, 6.45) is 3.19. The highest BCUT2D eigenvalue weighted by atomic mass is 35.5. The van der Waals surface area contributed by atoms with E-state index in [-0.39, 0.29) is 48.4 Å². The number of carbonyl (C=O) groups is 2. The number of amides is 1. The third kappa shape index (κ3) is 4.38. The molecule has 38 heavy (non-hydrogen) atoms. The van der Waals surface area contributed by atoms with Crippen molar-refractivity contribution in [2.75, 3.05) is 58.6 Å². The number of quaternary nitrogens is 2. The molecule has 7 rings (SSSR count). The van der Waals surface area contributed by atoms with E-state index in [0.717, 1.165) is 15.5 Å². The van der Waals surface area contributed by atoms with Crippen molar-refractivity contribution in [3.63, 3.8) is 0 Å². The van der Waals surface area contributed by atoms with E-state index in [1.165, 1.54) is 64.7 Å². The number of carbonyl (C=O) groups excluding carboxylic acids is 2. The van der Waals surface area contributed by atoms with E-state index in [2.05, 4.69) is 23.1 Å². The maximum atomic E-state index is 12.7. The van der Waals surface area contributed by atoms with Crippen LogP contribution in [0.2, 0.25) is 0 Å². The van der Waals surface area contributed by atoms with Crippen LogP contribution in [-0.2, 0) is 16.6 Å². The number of aliphatic hydroxyl groups is 1. The average molecular weight is 605 g/mol. The Labute approximate surface area is 243 Å². The van der Waals surface area contributed by atoms with Crippen LogP contribution < -0.4 is 34.5 Å². The molecule has 9 nitrogen and oxygen atoms in total. The topological polar surface area (TPSA) is 89.0 Å². The zero-order chi connectivity index (χ0) is 25.6. The number of halogens is 2. The van der Waals surface area contributed by atoms with Gasteiger partial charge in [0, 0.05) is 11.5 Å². The van der Waals surface area contributed by atoms with E-state index in [0.29, 0.717) is 5.57 Å². The summed E-state index contributed by atoms with van der Waals surface area (Å²) < 4.78 is 6.69. The van der Waals surface area contributed by atoms with Crippen LogP contribution in [0.3, 0.4) is 0 Å². The van der Waals surface area contributed by atoms with E-state index >= 15 is 0 Å². The number of thioether (sulfide) groups is 1. The molecule has 2 aromatic heterocycles. The van der Waals surface area contributed by atoms with Crippen LogP contribution in [0.4, 0.5) is 0 Å². The van der Waals surface area contributed by atoms with Crippen LogP contribution in [-0.4, -0.2) is 106 Å². The monoisotopic (exact) mass is 603 g/mol. The zero-order valence-corrected chi connectivity index (χ0v) is 25.2. The number of piperazine rings is 3. The van der Waals surface area contributed by atoms with Gasteiger partial charge in [0.05, 0.1) is 61.0 Å². The van der Waals surface area contributed by atoms with Gasteiger partial charge < -0.3 is 53.7 Å². The summed E-state index contributed by atoms with van der Waals surface area (Å²) in [6.45, 7) is 12.4. The lowest BCUT2D eigenvalue weighted by Gasteiger charge is -2.54. The Hall–Kier alpha value is -1.34. The normalized spacial score (nSPS) is 32.6. The third-order valence-corrected chi connectivity index (χ3v) is 11.7. The Bertz CT molecular complexity index is 1280. The number of aromatic nitrogens is 2. The fourth-order valence-corrected chi connectivity index (χ4v) is 9.53. The summed E-state index contributed by atoms with van der Waals surface area (Å²) in [4.78, 5) is 28.1. The molecule has 0 radical (unpaired) electrons. The van der Waals surface area contributed by atoms with Crippen LogP contribution in [0.15, 0.2) is 23.2 Å². The highest BCUT2D eigenvalue weighted by molar-refractivity contribution is 7.99. The number of carboxylic acid groups (broad SMARTS) is 1. The summed E-state index contributed by atoms with van der Waals surface area (Å²) in [6, 6.07) is -0.338. The van der Waals surface area contributed by atoms with Gasteiger partial charge in [0.1, 0.15) is 45.5 Å². The highest BCUT2D eigenvalue weighted by Gasteiger charge is 2.59. The van der Waals surface area contributed by atoms with Gasteiger partial charge in [0.15, 0.2) is 0 Å². The molecular weight excluding hydrogens is 569 g/mol. The van der Waals surface area contributed by atoms with E-state index in [1.807, 2.05) is 31.2 Å². The molecule has 2 aromatic rings. The number of hydrogen-bond acceptors (Lipinski definition) is 6. The van der Waals surface area contributed by atoms with Crippen LogP contribution in [0.5, 0.6) is 0 Å². The van der Waals surface area contributed by atoms with Gasteiger partial charge in [0.2, 0.25) is 22.1 Å². The number of likely N-dealkylation sites (N-methyl/N-ethyl adjacent to an activating group) is 1. The summed E-state index contributed by atoms with van der Waals surface area (Å²) in [5.41, 5.74) is 0.610. The fourth-order valence-electron chi connectivity index (χ4n) is 6.87. The van der Waals surface area contributed by atoms with Gasteiger partial charge in [-0.3, -0.25) is 4.79 Å². The molecule has 1 N–H and O–H groups in total. The predicted molar refractivity (Wildman–Crippen MR) is 135 cm³/mol. The number of carboxylic acids is 1. The molecule has 1 amide bonds. The van der Waals surface area contributed by atoms with Crippen LogP contribution in [0.1, 0.15) is 18.7 Å². The van der Waals surface area contributed by atoms with Crippen molar-refractivity contribution in [1.29, 1.82) is 0 Å². The molecule has 2 bridgehead atoms. The number of aliphatic hydroxyl groups excluding tert-OH is 1. The van der Waals surface area contributed by atoms with Gasteiger partial charge in [-0.25, -0.2) is 4.57 Å². The molecule has 0 unspecified atom stereocenters. The third-order valence-electron chi connectivity index (χ3n) is 9.28. The largest absolute Gasteiger partial charge is 1.00 e. The van der Waals surface area contributed by atoms with Crippen LogP contribution in [0, 0.1) is 11.8 Å². The number of imidazole rings is 1. The number of nitrogens with zero attached hydrogens (tertiary/aromatic N) is 5. The second kappa shape index (κ2) is 10.2. The van der Waals surface area contributed by atoms with Gasteiger partial charge in [-0.05, 0) is 6.92 Å². The lowest BCUT2D eigenvalue weighted by atomic mass is 9.77. The number of aryl methyl sites for hydroxylation is 1. The molecule has 5 aliphatic heterocycles. The SMILES string of the molecule is C[C@@H](O)[C@H]1C(=O)N2C(C(=O)[O-])=C(c3cn4c[n+](C)c(SCC[N+]56CC[N+](C)(CC5)CC6)c4s3)[C@H](C)[C@H]12.[Cl-].[Cl-]. The molecule has 4 atom stereocenters. The zero-order valence-electron chi connectivity index (χ0n) is 22.1. The van der Waals surface area contributed by atoms with Crippen LogP contribution in [0.25, 0.3) is 10.4 Å². The number of β-lactam (4-membered cyclic amide) rings is 1. The van der Waals surface area contributed by atoms with Gasteiger partial charge in [-0.15, -0.1) is 0 Å². The number of rotatable bonds is 7. The Morgan fingerprint density at radius 2 is 1.89 bits per heavy atom. The average Bonchev–Trinajstić information content (AvgIpc) is 3.42. The first-order valence-electron chi connectivity index (χ1n) is 12.8. The summed E-state index contributed by atoms with van der Waals surface area (Å²) in [5.74, 6) is -1.38. The van der Waals surface area contributed by atoms with E-state index in [4.69, 9.17) is 0 Å². The first-order valence-corrected chi connectivity index (χ1v) is 14.6. The van der Waals surface area contributed by atoms with Crippen molar-refractivity contribution in [2.24, 2.45) is 18.9 Å². The maximum Gasteiger partial charge on any atom is 0.250 e. The van der Waals surface area contributed by atoms with E-state index in [9.17, 15) is 19.8 Å². The van der Waals surface area contributed by atoms with Crippen molar-refractivity contribution in [2.45, 2.75) is 31.0 Å². The van der Waals surface area contributed by atoms with Gasteiger partial charge in [-0.2, -0.15) is 4.40 Å². The molecule has 13 heteroatoms. The Balaban J connectivity index is 0.00000168. The molecule has 0 aromatic carbocycles. The van der Waals surface area contributed by atoms with Crippen molar-refractivity contribution in [3.8, 4) is 0 Å². The Morgan fingerprint density at radius 3 is 2.47 bits per heavy atom. The summed E-state index contributed by atoms with van der Waals surface area (Å²) in [7, 11) is 4.45. The smallest absolute Gasteiger partial charge is 0.250 e. The second-order valence-corrected chi connectivity index (χ2v) is 13.6. The fraction of sp³-hybridized carbons (Fsp3) is 0.640. The molecule has 4 saturated heterocycles.